The first-order chi connectivity index (χ1) is 26.3. The summed E-state index contributed by atoms with van der Waals surface area (Å²) in [6, 6.07) is 31.5. The van der Waals surface area contributed by atoms with Crippen LogP contribution >= 0.6 is 23.1 Å². The predicted molar refractivity (Wildman–Crippen MR) is 202 cm³/mol. The van der Waals surface area contributed by atoms with Gasteiger partial charge in [-0.05, 0) is 33.9 Å². The number of nitrogens with zero attached hydrogens (tertiary/aromatic N) is 4. The van der Waals surface area contributed by atoms with Gasteiger partial charge >= 0.3 is 12.6 Å². The molecule has 2 aromatic heterocycles. The number of oxime groups is 1. The molecule has 2 aliphatic heterocycles. The molecule has 15 heteroatoms. The van der Waals surface area contributed by atoms with Gasteiger partial charge in [-0.15, -0.1) is 23.1 Å². The Labute approximate surface area is 316 Å². The van der Waals surface area contributed by atoms with Gasteiger partial charge in [0.25, 0.3) is 11.8 Å². The number of hydrogen-bond acceptors (Lipinski definition) is 10. The van der Waals surface area contributed by atoms with Crippen LogP contribution in [0.5, 0.6) is 0 Å². The molecule has 4 heterocycles. The molecular weight excluding hydrogens is 735 g/mol. The van der Waals surface area contributed by atoms with Gasteiger partial charge in [-0.2, -0.15) is 8.78 Å². The fraction of sp³-hybridized carbons (Fsp3) is 0.128. The zero-order chi connectivity index (χ0) is 37.7. The van der Waals surface area contributed by atoms with Crippen LogP contribution in [0.3, 0.4) is 0 Å². The molecule has 1 fully saturated rings. The maximum atomic E-state index is 13.7. The topological polar surface area (TPSA) is 146 Å². The normalized spacial score (nSPS) is 17.3. The number of hydrogen-bond donors (Lipinski definition) is 3. The second kappa shape index (κ2) is 15.8. The molecule has 3 aromatic carbocycles. The van der Waals surface area contributed by atoms with E-state index < -0.39 is 47.1 Å². The van der Waals surface area contributed by atoms with Crippen molar-refractivity contribution in [1.82, 2.24) is 20.2 Å². The lowest BCUT2D eigenvalue weighted by Gasteiger charge is -2.49. The highest BCUT2D eigenvalue weighted by Crippen LogP contribution is 2.42. The van der Waals surface area contributed by atoms with Gasteiger partial charge in [-0.1, -0.05) is 114 Å². The number of carbonyl (C=O) groups is 3. The Morgan fingerprint density at radius 1 is 0.944 bits per heavy atom. The number of aromatic nitrogens is 2. The van der Waals surface area contributed by atoms with Crippen molar-refractivity contribution in [2.75, 3.05) is 11.1 Å². The number of pyridine rings is 1. The first-order valence-corrected chi connectivity index (χ1v) is 18.4. The van der Waals surface area contributed by atoms with Crippen LogP contribution in [0.2, 0.25) is 0 Å². The van der Waals surface area contributed by atoms with Crippen molar-refractivity contribution in [3.8, 4) is 0 Å². The fourth-order valence-electron chi connectivity index (χ4n) is 6.33. The number of halogens is 2. The number of thiazole rings is 1. The van der Waals surface area contributed by atoms with Gasteiger partial charge in [0.15, 0.2) is 10.8 Å². The average Bonchev–Trinajstić information content (AvgIpc) is 3.66. The predicted octanol–water partition coefficient (Wildman–Crippen LogP) is 6.34. The van der Waals surface area contributed by atoms with Gasteiger partial charge in [-0.3, -0.25) is 19.5 Å². The van der Waals surface area contributed by atoms with E-state index in [2.05, 4.69) is 30.6 Å². The van der Waals surface area contributed by atoms with Crippen molar-refractivity contribution in [1.29, 1.82) is 0 Å². The number of carbonyl (C=O) groups excluding carboxylic acids is 2. The van der Waals surface area contributed by atoms with Crippen molar-refractivity contribution in [2.45, 2.75) is 23.6 Å². The maximum Gasteiger partial charge on any atom is 0.407 e. The number of rotatable bonds is 13. The molecule has 0 spiro atoms. The highest BCUT2D eigenvalue weighted by atomic mass is 32.2. The Kier molecular flexibility index (Phi) is 10.6. The van der Waals surface area contributed by atoms with Crippen LogP contribution in [-0.2, 0) is 24.8 Å². The molecule has 2 amide bonds. The van der Waals surface area contributed by atoms with Crippen LogP contribution in [0.1, 0.15) is 27.9 Å². The molecule has 5 aromatic rings. The largest absolute Gasteiger partial charge is 0.477 e. The van der Waals surface area contributed by atoms with E-state index in [9.17, 15) is 28.3 Å². The minimum Gasteiger partial charge on any atom is -0.477 e. The summed E-state index contributed by atoms with van der Waals surface area (Å²) in [7, 11) is 0. The number of thioether (sulfide) groups is 1. The minimum atomic E-state index is -3.35. The molecular formula is C39H30F2N6O5S2. The molecule has 54 heavy (non-hydrogen) atoms. The van der Waals surface area contributed by atoms with Crippen molar-refractivity contribution in [3.05, 3.63) is 166 Å². The Balaban J connectivity index is 1.17. The van der Waals surface area contributed by atoms with E-state index in [-0.39, 0.29) is 17.1 Å². The molecule has 272 valence electrons. The van der Waals surface area contributed by atoms with Crippen LogP contribution in [0.4, 0.5) is 13.9 Å². The van der Waals surface area contributed by atoms with Crippen LogP contribution in [-0.4, -0.2) is 67.2 Å². The third-order valence-electron chi connectivity index (χ3n) is 8.75. The number of amides is 2. The lowest BCUT2D eigenvalue weighted by molar-refractivity contribution is -0.150. The van der Waals surface area contributed by atoms with Crippen molar-refractivity contribution in [2.24, 2.45) is 5.16 Å². The molecule has 1 saturated heterocycles. The Hall–Kier alpha value is -6.19. The molecule has 0 aliphatic carbocycles. The second-order valence-corrected chi connectivity index (χ2v) is 13.9. The SMILES string of the molecule is O=C(O)C1=C(/C=C\c2cccnc2)CS[C@@H]2[C@H](NC(=O)/C(=N\OC(F)F)c3csc(NC(c4ccccc4)(c4ccccc4)c4ccccc4)n3)C(=O)N12. The summed E-state index contributed by atoms with van der Waals surface area (Å²) < 4.78 is 26.6. The molecule has 11 nitrogen and oxygen atoms in total. The molecule has 2 atom stereocenters. The van der Waals surface area contributed by atoms with Gasteiger partial charge in [0.1, 0.15) is 28.3 Å². The zero-order valence-corrected chi connectivity index (χ0v) is 29.7. The number of alkyl halides is 2. The summed E-state index contributed by atoms with van der Waals surface area (Å²) in [5, 5.41) is 20.7. The summed E-state index contributed by atoms with van der Waals surface area (Å²) in [5.41, 5.74) is 1.94. The van der Waals surface area contributed by atoms with E-state index in [1.54, 1.807) is 36.7 Å². The Morgan fingerprint density at radius 2 is 1.57 bits per heavy atom. The van der Waals surface area contributed by atoms with Crippen molar-refractivity contribution in [3.63, 3.8) is 0 Å². The number of nitrogens with one attached hydrogen (secondary N) is 2. The van der Waals surface area contributed by atoms with E-state index in [1.807, 2.05) is 91.0 Å². The summed E-state index contributed by atoms with van der Waals surface area (Å²) in [5.74, 6) is -2.77. The lowest BCUT2D eigenvalue weighted by atomic mass is 9.77. The van der Waals surface area contributed by atoms with Gasteiger partial charge in [0, 0.05) is 23.5 Å². The number of benzene rings is 3. The van der Waals surface area contributed by atoms with Crippen molar-refractivity contribution < 1.29 is 33.1 Å². The van der Waals surface area contributed by atoms with E-state index in [0.29, 0.717) is 10.7 Å². The van der Waals surface area contributed by atoms with Crippen molar-refractivity contribution >= 4 is 57.8 Å². The Morgan fingerprint density at radius 3 is 2.13 bits per heavy atom. The molecule has 3 N–H and O–H groups in total. The van der Waals surface area contributed by atoms with Gasteiger partial charge in [-0.25, -0.2) is 9.78 Å². The number of anilines is 1. The summed E-state index contributed by atoms with van der Waals surface area (Å²) in [6.07, 6.45) is 6.54. The molecule has 7 rings (SSSR count). The number of β-lactam (4-membered cyclic amide) rings is 1. The summed E-state index contributed by atoms with van der Waals surface area (Å²) in [6.45, 7) is -3.35. The van der Waals surface area contributed by atoms with Gasteiger partial charge in [0.05, 0.1) is 0 Å². The smallest absolute Gasteiger partial charge is 0.407 e. The molecule has 0 saturated carbocycles. The number of carboxylic acids is 1. The number of carboxylic acid groups (broad SMARTS) is 1. The highest BCUT2D eigenvalue weighted by molar-refractivity contribution is 8.00. The van der Waals surface area contributed by atoms with Gasteiger partial charge in [0.2, 0.25) is 0 Å². The summed E-state index contributed by atoms with van der Waals surface area (Å²) >= 11 is 2.37. The quantitative estimate of drug-likeness (QED) is 0.0542. The van der Waals surface area contributed by atoms with E-state index in [4.69, 9.17) is 0 Å². The minimum absolute atomic E-state index is 0.0855. The fourth-order valence-corrected chi connectivity index (χ4v) is 8.40. The molecule has 0 bridgehead atoms. The highest BCUT2D eigenvalue weighted by Gasteiger charge is 2.54. The van der Waals surface area contributed by atoms with Crippen LogP contribution < -0.4 is 10.6 Å². The third-order valence-corrected chi connectivity index (χ3v) is 10.8. The van der Waals surface area contributed by atoms with E-state index in [1.165, 1.54) is 17.1 Å². The third kappa shape index (κ3) is 7.23. The van der Waals surface area contributed by atoms with Crippen LogP contribution in [0.15, 0.2) is 143 Å². The first kappa shape index (κ1) is 36.2. The standard InChI is InChI=1S/C39H30F2N6O5S2/c40-37(41)52-46-30(33(48)44-31-34(49)47-32(36(50)51)25(22-53-35(31)47)19-18-24-11-10-20-42-21-24)29-23-54-38(43-29)45-39(26-12-4-1-5-13-26,27-14-6-2-7-15-27)28-16-8-3-9-17-28/h1-21,23,31,35,37H,22H2,(H,43,45)(H,44,48)(H,50,51)/b19-18-,46-30-/t31-,35-/m1/s1. The van der Waals surface area contributed by atoms with Crippen LogP contribution in [0, 0.1) is 0 Å². The maximum absolute atomic E-state index is 13.7. The average molecular weight is 765 g/mol. The lowest BCUT2D eigenvalue weighted by Crippen LogP contribution is -2.71. The van der Waals surface area contributed by atoms with E-state index >= 15 is 0 Å². The van der Waals surface area contributed by atoms with Gasteiger partial charge < -0.3 is 20.6 Å². The van der Waals surface area contributed by atoms with Crippen LogP contribution in [0.25, 0.3) is 6.08 Å². The molecule has 0 unspecified atom stereocenters. The van der Waals surface area contributed by atoms with E-state index in [0.717, 1.165) is 38.5 Å². The second-order valence-electron chi connectivity index (χ2n) is 12.0. The zero-order valence-electron chi connectivity index (χ0n) is 28.1. The number of fused-ring (bicyclic) bond motifs is 1. The molecule has 0 radical (unpaired) electrons. The number of allylic oxidation sites excluding steroid dienone is 1. The first-order valence-electron chi connectivity index (χ1n) is 16.5. The molecule has 2 aliphatic rings. The summed E-state index contributed by atoms with van der Waals surface area (Å²) in [4.78, 5) is 53.5. The Bertz CT molecular complexity index is 2140. The monoisotopic (exact) mass is 764 g/mol. The number of aliphatic carboxylic acids is 1.